The highest BCUT2D eigenvalue weighted by molar-refractivity contribution is 7.99. The Morgan fingerprint density at radius 1 is 1.08 bits per heavy atom. The average molecular weight is 378 g/mol. The quantitative estimate of drug-likeness (QED) is 0.815. The number of sulfonamides is 1. The summed E-state index contributed by atoms with van der Waals surface area (Å²) < 4.78 is 41.4. The first-order valence-electron chi connectivity index (χ1n) is 8.50. The van der Waals surface area contributed by atoms with Crippen molar-refractivity contribution in [1.82, 2.24) is 4.31 Å². The molecule has 3 nitrogen and oxygen atoms in total. The van der Waals surface area contributed by atoms with Crippen LogP contribution in [0.25, 0.3) is 0 Å². The molecule has 0 aliphatic carbocycles. The van der Waals surface area contributed by atoms with Crippen LogP contribution in [0.3, 0.4) is 0 Å². The minimum absolute atomic E-state index is 0.130. The summed E-state index contributed by atoms with van der Waals surface area (Å²) in [7, 11) is -3.65. The van der Waals surface area contributed by atoms with Gasteiger partial charge in [-0.1, -0.05) is 24.3 Å². The molecule has 1 saturated heterocycles. The van der Waals surface area contributed by atoms with E-state index in [0.717, 1.165) is 23.5 Å². The molecule has 2 aromatic carbocycles. The van der Waals surface area contributed by atoms with Crippen molar-refractivity contribution in [2.45, 2.75) is 23.8 Å². The van der Waals surface area contributed by atoms with Gasteiger partial charge in [-0.15, -0.1) is 0 Å². The number of rotatable bonds is 3. The van der Waals surface area contributed by atoms with E-state index in [-0.39, 0.29) is 10.9 Å². The number of thioether (sulfide) groups is 1. The zero-order valence-corrected chi connectivity index (χ0v) is 15.4. The van der Waals surface area contributed by atoms with Crippen molar-refractivity contribution >= 4 is 21.8 Å². The molecule has 2 aliphatic heterocycles. The molecule has 132 valence electrons. The number of benzene rings is 2. The topological polar surface area (TPSA) is 37.4 Å². The molecule has 2 heterocycles. The fourth-order valence-electron chi connectivity index (χ4n) is 3.88. The minimum Gasteiger partial charge on any atom is -0.207 e. The molecule has 1 fully saturated rings. The molecule has 6 heteroatoms. The first-order valence-corrected chi connectivity index (χ1v) is 11.1. The molecule has 0 bridgehead atoms. The van der Waals surface area contributed by atoms with Crippen LogP contribution in [0, 0.1) is 11.7 Å². The van der Waals surface area contributed by atoms with Crippen molar-refractivity contribution in [3.05, 3.63) is 65.5 Å². The van der Waals surface area contributed by atoms with E-state index in [2.05, 4.69) is 12.1 Å². The fraction of sp³-hybridized carbons (Fsp3) is 0.368. The molecule has 25 heavy (non-hydrogen) atoms. The highest BCUT2D eigenvalue weighted by atomic mass is 32.2. The van der Waals surface area contributed by atoms with Crippen molar-refractivity contribution in [2.24, 2.45) is 5.92 Å². The second-order valence-corrected chi connectivity index (χ2v) is 9.63. The normalized spacial score (nSPS) is 24.2. The maximum absolute atomic E-state index is 13.3. The van der Waals surface area contributed by atoms with Crippen molar-refractivity contribution in [1.29, 1.82) is 0 Å². The number of halogens is 1. The Balaban J connectivity index is 1.78. The SMILES string of the molecule is O=S(=O)(c1ccc(F)cc1)N1CCc2ccccc2C1C1CCSC1. The second kappa shape index (κ2) is 6.74. The van der Waals surface area contributed by atoms with E-state index in [0.29, 0.717) is 18.9 Å². The van der Waals surface area contributed by atoms with E-state index in [1.54, 1.807) is 4.31 Å². The summed E-state index contributed by atoms with van der Waals surface area (Å²) in [6.45, 7) is 0.475. The van der Waals surface area contributed by atoms with Crippen molar-refractivity contribution < 1.29 is 12.8 Å². The Morgan fingerprint density at radius 3 is 2.56 bits per heavy atom. The Kier molecular flexibility index (Phi) is 4.60. The smallest absolute Gasteiger partial charge is 0.207 e. The van der Waals surface area contributed by atoms with Gasteiger partial charge in [0.1, 0.15) is 5.82 Å². The van der Waals surface area contributed by atoms with Gasteiger partial charge < -0.3 is 0 Å². The highest BCUT2D eigenvalue weighted by Gasteiger charge is 2.41. The van der Waals surface area contributed by atoms with Gasteiger partial charge in [-0.25, -0.2) is 12.8 Å². The molecule has 2 aliphatic rings. The van der Waals surface area contributed by atoms with Gasteiger partial charge in [0.25, 0.3) is 0 Å². The third-order valence-corrected chi connectivity index (χ3v) is 8.20. The summed E-state index contributed by atoms with van der Waals surface area (Å²) in [4.78, 5) is 0.170. The van der Waals surface area contributed by atoms with Gasteiger partial charge in [0.05, 0.1) is 10.9 Å². The van der Waals surface area contributed by atoms with Crippen LogP contribution in [0.1, 0.15) is 23.6 Å². The van der Waals surface area contributed by atoms with Gasteiger partial charge >= 0.3 is 0 Å². The lowest BCUT2D eigenvalue weighted by atomic mass is 9.86. The zero-order valence-electron chi connectivity index (χ0n) is 13.8. The average Bonchev–Trinajstić information content (AvgIpc) is 3.15. The number of hydrogen-bond donors (Lipinski definition) is 0. The van der Waals surface area contributed by atoms with Crippen LogP contribution in [0.15, 0.2) is 53.4 Å². The number of nitrogens with zero attached hydrogens (tertiary/aromatic N) is 1. The van der Waals surface area contributed by atoms with Gasteiger partial charge in [0.2, 0.25) is 10.0 Å². The van der Waals surface area contributed by atoms with Crippen LogP contribution in [0.2, 0.25) is 0 Å². The van der Waals surface area contributed by atoms with Crippen molar-refractivity contribution in [3.8, 4) is 0 Å². The van der Waals surface area contributed by atoms with Crippen LogP contribution in [0.4, 0.5) is 4.39 Å². The molecule has 0 spiro atoms. The molecule has 0 radical (unpaired) electrons. The maximum Gasteiger partial charge on any atom is 0.243 e. The minimum atomic E-state index is -3.65. The zero-order chi connectivity index (χ0) is 17.4. The van der Waals surface area contributed by atoms with Gasteiger partial charge in [-0.3, -0.25) is 0 Å². The van der Waals surface area contributed by atoms with Crippen LogP contribution in [-0.4, -0.2) is 30.8 Å². The molecule has 4 rings (SSSR count). The molecule has 2 aromatic rings. The third kappa shape index (κ3) is 3.11. The molecular weight excluding hydrogens is 357 g/mol. The lowest BCUT2D eigenvalue weighted by molar-refractivity contribution is 0.240. The van der Waals surface area contributed by atoms with Crippen LogP contribution >= 0.6 is 11.8 Å². The summed E-state index contributed by atoms with van der Waals surface area (Å²) in [6.07, 6.45) is 1.74. The molecule has 0 saturated carbocycles. The highest BCUT2D eigenvalue weighted by Crippen LogP contribution is 2.43. The van der Waals surface area contributed by atoms with E-state index in [1.165, 1.54) is 29.8 Å². The first-order chi connectivity index (χ1) is 12.1. The molecule has 2 unspecified atom stereocenters. The van der Waals surface area contributed by atoms with E-state index >= 15 is 0 Å². The van der Waals surface area contributed by atoms with Crippen molar-refractivity contribution in [3.63, 3.8) is 0 Å². The molecular formula is C19H20FNO2S2. The van der Waals surface area contributed by atoms with Gasteiger partial charge in [0.15, 0.2) is 0 Å². The Bertz CT molecular complexity index is 861. The number of hydrogen-bond acceptors (Lipinski definition) is 3. The Hall–Kier alpha value is -1.37. The van der Waals surface area contributed by atoms with Gasteiger partial charge in [-0.2, -0.15) is 16.1 Å². The molecule has 0 amide bonds. The summed E-state index contributed by atoms with van der Waals surface area (Å²) >= 11 is 1.89. The summed E-state index contributed by atoms with van der Waals surface area (Å²) in [6, 6.07) is 13.2. The number of fused-ring (bicyclic) bond motifs is 1. The summed E-state index contributed by atoms with van der Waals surface area (Å²) in [5, 5.41) is 0. The largest absolute Gasteiger partial charge is 0.243 e. The first kappa shape index (κ1) is 17.1. The van der Waals surface area contributed by atoms with E-state index in [4.69, 9.17) is 0 Å². The lowest BCUT2D eigenvalue weighted by Crippen LogP contribution is -2.43. The maximum atomic E-state index is 13.3. The monoisotopic (exact) mass is 377 g/mol. The standard InChI is InChI=1S/C19H20FNO2S2/c20-16-5-7-17(8-6-16)25(22,23)21-11-9-14-3-1-2-4-18(14)19(21)15-10-12-24-13-15/h1-8,15,19H,9-13H2. The van der Waals surface area contributed by atoms with E-state index < -0.39 is 15.8 Å². The second-order valence-electron chi connectivity index (χ2n) is 6.59. The molecule has 2 atom stereocenters. The van der Waals surface area contributed by atoms with Gasteiger partial charge in [-0.05, 0) is 65.7 Å². The Labute approximate surface area is 152 Å². The molecule has 0 N–H and O–H groups in total. The van der Waals surface area contributed by atoms with Crippen molar-refractivity contribution in [2.75, 3.05) is 18.1 Å². The molecule has 0 aromatic heterocycles. The van der Waals surface area contributed by atoms with Crippen LogP contribution in [-0.2, 0) is 16.4 Å². The van der Waals surface area contributed by atoms with Gasteiger partial charge in [0, 0.05) is 6.54 Å². The predicted molar refractivity (Wildman–Crippen MR) is 98.6 cm³/mol. The summed E-state index contributed by atoms with van der Waals surface area (Å²) in [5.41, 5.74) is 2.38. The summed E-state index contributed by atoms with van der Waals surface area (Å²) in [5.74, 6) is 1.95. The van der Waals surface area contributed by atoms with Crippen LogP contribution < -0.4 is 0 Å². The van der Waals surface area contributed by atoms with E-state index in [1.807, 2.05) is 23.9 Å². The fourth-order valence-corrected chi connectivity index (χ4v) is 6.83. The lowest BCUT2D eigenvalue weighted by Gasteiger charge is -2.39. The van der Waals surface area contributed by atoms with Crippen LogP contribution in [0.5, 0.6) is 0 Å². The Morgan fingerprint density at radius 2 is 1.84 bits per heavy atom. The predicted octanol–water partition coefficient (Wildman–Crippen LogP) is 3.87. The third-order valence-electron chi connectivity index (χ3n) is 5.12. The van der Waals surface area contributed by atoms with E-state index in [9.17, 15) is 12.8 Å².